The van der Waals surface area contributed by atoms with Gasteiger partial charge in [0.05, 0.1) is 17.5 Å². The number of carboxylic acids is 1. The Labute approximate surface area is 92.5 Å². The highest BCUT2D eigenvalue weighted by atomic mass is 16.4. The van der Waals surface area contributed by atoms with Crippen LogP contribution in [0.4, 0.5) is 5.95 Å². The lowest BCUT2D eigenvalue weighted by Gasteiger charge is -1.97. The number of rotatable bonds is 4. The van der Waals surface area contributed by atoms with Crippen LogP contribution in [0.1, 0.15) is 12.0 Å². The first-order chi connectivity index (χ1) is 7.65. The number of benzene rings is 1. The van der Waals surface area contributed by atoms with E-state index in [-0.39, 0.29) is 6.42 Å². The van der Waals surface area contributed by atoms with E-state index in [4.69, 9.17) is 5.11 Å². The molecule has 0 saturated carbocycles. The van der Waals surface area contributed by atoms with Gasteiger partial charge in [-0.1, -0.05) is 6.07 Å². The van der Waals surface area contributed by atoms with Crippen molar-refractivity contribution in [2.45, 2.75) is 13.3 Å². The van der Waals surface area contributed by atoms with Gasteiger partial charge in [0.15, 0.2) is 0 Å². The van der Waals surface area contributed by atoms with Crippen molar-refractivity contribution in [3.8, 4) is 0 Å². The Kier molecular flexibility index (Phi) is 2.76. The number of aliphatic carboxylic acids is 1. The number of H-pyrrole nitrogens is 1. The van der Waals surface area contributed by atoms with Gasteiger partial charge in [0.1, 0.15) is 0 Å². The third-order valence-electron chi connectivity index (χ3n) is 2.27. The maximum absolute atomic E-state index is 10.3. The molecule has 0 unspecified atom stereocenters. The molecule has 2 aromatic rings. The molecule has 0 spiro atoms. The summed E-state index contributed by atoms with van der Waals surface area (Å²) in [5, 5.41) is 11.4. The molecule has 0 aliphatic rings. The van der Waals surface area contributed by atoms with E-state index >= 15 is 0 Å². The monoisotopic (exact) mass is 219 g/mol. The predicted octanol–water partition coefficient (Wildman–Crippen LogP) is 1.76. The van der Waals surface area contributed by atoms with Crippen molar-refractivity contribution < 1.29 is 9.90 Å². The minimum absolute atomic E-state index is 0.0794. The van der Waals surface area contributed by atoms with Gasteiger partial charge in [-0.3, -0.25) is 4.79 Å². The zero-order chi connectivity index (χ0) is 11.5. The second-order valence-electron chi connectivity index (χ2n) is 3.68. The number of carbonyl (C=O) groups is 1. The van der Waals surface area contributed by atoms with Gasteiger partial charge in [-0.2, -0.15) is 0 Å². The molecule has 0 fully saturated rings. The van der Waals surface area contributed by atoms with E-state index < -0.39 is 5.97 Å². The molecule has 0 aliphatic carbocycles. The Morgan fingerprint density at radius 3 is 3.12 bits per heavy atom. The number of hydrogen-bond acceptors (Lipinski definition) is 3. The van der Waals surface area contributed by atoms with E-state index in [9.17, 15) is 4.79 Å². The smallest absolute Gasteiger partial charge is 0.305 e. The number of anilines is 1. The zero-order valence-electron chi connectivity index (χ0n) is 8.95. The van der Waals surface area contributed by atoms with Gasteiger partial charge >= 0.3 is 5.97 Å². The Morgan fingerprint density at radius 2 is 2.38 bits per heavy atom. The molecule has 0 bridgehead atoms. The quantitative estimate of drug-likeness (QED) is 0.732. The van der Waals surface area contributed by atoms with E-state index in [2.05, 4.69) is 15.3 Å². The second-order valence-corrected chi connectivity index (χ2v) is 3.68. The van der Waals surface area contributed by atoms with Gasteiger partial charge in [0.25, 0.3) is 0 Å². The average Bonchev–Trinajstić information content (AvgIpc) is 2.58. The van der Waals surface area contributed by atoms with Crippen LogP contribution in [-0.2, 0) is 4.79 Å². The first-order valence-electron chi connectivity index (χ1n) is 5.07. The summed E-state index contributed by atoms with van der Waals surface area (Å²) in [5.74, 6) is -0.207. The molecule has 16 heavy (non-hydrogen) atoms. The number of carboxylic acid groups (broad SMARTS) is 1. The predicted molar refractivity (Wildman–Crippen MR) is 61.6 cm³/mol. The van der Waals surface area contributed by atoms with Crippen molar-refractivity contribution >= 4 is 23.0 Å². The van der Waals surface area contributed by atoms with E-state index in [1.807, 2.05) is 25.1 Å². The number of fused-ring (bicyclic) bond motifs is 1. The fraction of sp³-hybridized carbons (Fsp3) is 0.273. The number of aryl methyl sites for hydroxylation is 1. The Bertz CT molecular complexity index is 519. The third kappa shape index (κ3) is 2.31. The molecule has 0 amide bonds. The van der Waals surface area contributed by atoms with Crippen molar-refractivity contribution in [1.29, 1.82) is 0 Å². The molecule has 0 radical (unpaired) electrons. The normalized spacial score (nSPS) is 10.6. The van der Waals surface area contributed by atoms with E-state index in [1.54, 1.807) is 0 Å². The summed E-state index contributed by atoms with van der Waals surface area (Å²) in [6.07, 6.45) is 0.0794. The van der Waals surface area contributed by atoms with E-state index in [0.29, 0.717) is 12.5 Å². The molecule has 84 valence electrons. The Morgan fingerprint density at radius 1 is 1.56 bits per heavy atom. The van der Waals surface area contributed by atoms with Gasteiger partial charge in [0.2, 0.25) is 5.95 Å². The second kappa shape index (κ2) is 4.22. The first kappa shape index (κ1) is 10.5. The molecule has 3 N–H and O–H groups in total. The highest BCUT2D eigenvalue weighted by Gasteiger charge is 2.02. The molecule has 1 heterocycles. The number of aromatic nitrogens is 2. The topological polar surface area (TPSA) is 78.0 Å². The van der Waals surface area contributed by atoms with Crippen LogP contribution in [-0.4, -0.2) is 27.6 Å². The van der Waals surface area contributed by atoms with Gasteiger partial charge in [0, 0.05) is 6.54 Å². The fourth-order valence-electron chi connectivity index (χ4n) is 1.50. The summed E-state index contributed by atoms with van der Waals surface area (Å²) >= 11 is 0. The highest BCUT2D eigenvalue weighted by Crippen LogP contribution is 2.15. The summed E-state index contributed by atoms with van der Waals surface area (Å²) < 4.78 is 0. The summed E-state index contributed by atoms with van der Waals surface area (Å²) in [7, 11) is 0. The lowest BCUT2D eigenvalue weighted by Crippen LogP contribution is -2.08. The van der Waals surface area contributed by atoms with Gasteiger partial charge in [-0.25, -0.2) is 4.98 Å². The lowest BCUT2D eigenvalue weighted by molar-refractivity contribution is -0.136. The molecule has 0 saturated heterocycles. The van der Waals surface area contributed by atoms with Crippen molar-refractivity contribution in [2.24, 2.45) is 0 Å². The van der Waals surface area contributed by atoms with Crippen LogP contribution in [0.25, 0.3) is 11.0 Å². The lowest BCUT2D eigenvalue weighted by atomic mass is 10.2. The third-order valence-corrected chi connectivity index (χ3v) is 2.27. The fourth-order valence-corrected chi connectivity index (χ4v) is 1.50. The minimum Gasteiger partial charge on any atom is -0.481 e. The van der Waals surface area contributed by atoms with Crippen LogP contribution in [0.15, 0.2) is 18.2 Å². The first-order valence-corrected chi connectivity index (χ1v) is 5.07. The molecule has 0 aliphatic heterocycles. The average molecular weight is 219 g/mol. The molecule has 2 rings (SSSR count). The molecule has 5 nitrogen and oxygen atoms in total. The Hall–Kier alpha value is -2.04. The van der Waals surface area contributed by atoms with Crippen LogP contribution in [0.3, 0.4) is 0 Å². The molecular weight excluding hydrogens is 206 g/mol. The van der Waals surface area contributed by atoms with Gasteiger partial charge in [-0.15, -0.1) is 0 Å². The zero-order valence-corrected chi connectivity index (χ0v) is 8.95. The number of imidazole rings is 1. The van der Waals surface area contributed by atoms with E-state index in [1.165, 1.54) is 0 Å². The minimum atomic E-state index is -0.820. The van der Waals surface area contributed by atoms with Crippen LogP contribution >= 0.6 is 0 Å². The van der Waals surface area contributed by atoms with Crippen molar-refractivity contribution in [3.05, 3.63) is 23.8 Å². The van der Waals surface area contributed by atoms with Crippen molar-refractivity contribution in [1.82, 2.24) is 9.97 Å². The maximum Gasteiger partial charge on any atom is 0.305 e. The molecule has 0 atom stereocenters. The Balaban J connectivity index is 2.10. The van der Waals surface area contributed by atoms with Gasteiger partial charge < -0.3 is 15.4 Å². The summed E-state index contributed by atoms with van der Waals surface area (Å²) in [4.78, 5) is 17.7. The van der Waals surface area contributed by atoms with Crippen LogP contribution in [0.2, 0.25) is 0 Å². The molecule has 1 aromatic heterocycles. The SMILES string of the molecule is Cc1ccc2nc(NCCC(=O)O)[nH]c2c1. The van der Waals surface area contributed by atoms with Crippen molar-refractivity contribution in [2.75, 3.05) is 11.9 Å². The summed E-state index contributed by atoms with van der Waals surface area (Å²) in [5.41, 5.74) is 2.99. The molecule has 5 heteroatoms. The largest absolute Gasteiger partial charge is 0.481 e. The summed E-state index contributed by atoms with van der Waals surface area (Å²) in [6.45, 7) is 2.38. The van der Waals surface area contributed by atoms with Crippen LogP contribution in [0.5, 0.6) is 0 Å². The van der Waals surface area contributed by atoms with Crippen LogP contribution in [0, 0.1) is 6.92 Å². The summed E-state index contributed by atoms with van der Waals surface area (Å²) in [6, 6.07) is 5.93. The molecule has 1 aromatic carbocycles. The van der Waals surface area contributed by atoms with Crippen LogP contribution < -0.4 is 5.32 Å². The van der Waals surface area contributed by atoms with Crippen molar-refractivity contribution in [3.63, 3.8) is 0 Å². The van der Waals surface area contributed by atoms with E-state index in [0.717, 1.165) is 16.6 Å². The number of nitrogens with one attached hydrogen (secondary N) is 2. The number of hydrogen-bond donors (Lipinski definition) is 3. The number of aromatic amines is 1. The standard InChI is InChI=1S/C11H13N3O2/c1-7-2-3-8-9(6-7)14-11(13-8)12-5-4-10(15)16/h2-3,6H,4-5H2,1H3,(H,15,16)(H2,12,13,14). The maximum atomic E-state index is 10.3. The number of nitrogens with zero attached hydrogens (tertiary/aromatic N) is 1. The van der Waals surface area contributed by atoms with Gasteiger partial charge in [-0.05, 0) is 24.6 Å². The molecular formula is C11H13N3O2. The highest BCUT2D eigenvalue weighted by molar-refractivity contribution is 5.78.